The smallest absolute Gasteiger partial charge is 0.303 e. The summed E-state index contributed by atoms with van der Waals surface area (Å²) in [5.74, 6) is -0.723. The molecule has 0 bridgehead atoms. The van der Waals surface area contributed by atoms with E-state index in [1.165, 1.54) is 0 Å². The molecule has 0 aliphatic heterocycles. The molecule has 0 aromatic heterocycles. The molecule has 0 aliphatic rings. The van der Waals surface area contributed by atoms with Gasteiger partial charge in [0.15, 0.2) is 0 Å². The van der Waals surface area contributed by atoms with Crippen molar-refractivity contribution in [3.05, 3.63) is 12.2 Å². The summed E-state index contributed by atoms with van der Waals surface area (Å²) in [7, 11) is 0. The van der Waals surface area contributed by atoms with Crippen LogP contribution in [0.3, 0.4) is 0 Å². The minimum atomic E-state index is -0.723. The maximum Gasteiger partial charge on any atom is 0.303 e. The molecule has 0 unspecified atom stereocenters. The molecule has 0 spiro atoms. The number of aldehydes is 1. The third-order valence-electron chi connectivity index (χ3n) is 2.06. The lowest BCUT2D eigenvalue weighted by atomic mass is 10.1. The van der Waals surface area contributed by atoms with Gasteiger partial charge in [0.1, 0.15) is 6.29 Å². The highest BCUT2D eigenvalue weighted by Crippen LogP contribution is 2.09. The van der Waals surface area contributed by atoms with E-state index in [-0.39, 0.29) is 6.42 Å². The van der Waals surface area contributed by atoms with Gasteiger partial charge in [-0.1, -0.05) is 25.8 Å². The van der Waals surface area contributed by atoms with Crippen LogP contribution in [0.2, 0.25) is 0 Å². The molecule has 0 fully saturated rings. The lowest BCUT2D eigenvalue weighted by Gasteiger charge is -1.99. The average molecular weight is 198 g/mol. The number of unbranched alkanes of at least 4 members (excludes halogenated alkanes) is 4. The lowest BCUT2D eigenvalue weighted by Crippen LogP contribution is -1.93. The molecular weight excluding hydrogens is 180 g/mol. The summed E-state index contributed by atoms with van der Waals surface area (Å²) in [6.45, 7) is 3.58. The SMILES string of the molecule is C=C(C=O)CCCCCCCC(=O)O. The predicted molar refractivity (Wildman–Crippen MR) is 55.2 cm³/mol. The molecule has 0 aromatic rings. The Kier molecular flexibility index (Phi) is 7.80. The van der Waals surface area contributed by atoms with Gasteiger partial charge < -0.3 is 5.11 Å². The van der Waals surface area contributed by atoms with Crippen LogP contribution < -0.4 is 0 Å². The minimum Gasteiger partial charge on any atom is -0.481 e. The van der Waals surface area contributed by atoms with E-state index in [2.05, 4.69) is 6.58 Å². The van der Waals surface area contributed by atoms with Crippen LogP contribution in [0, 0.1) is 0 Å². The Morgan fingerprint density at radius 2 is 1.57 bits per heavy atom. The van der Waals surface area contributed by atoms with E-state index in [9.17, 15) is 9.59 Å². The Bertz CT molecular complexity index is 197. The van der Waals surface area contributed by atoms with Crippen molar-refractivity contribution in [2.75, 3.05) is 0 Å². The van der Waals surface area contributed by atoms with Crippen LogP contribution in [-0.2, 0) is 9.59 Å². The van der Waals surface area contributed by atoms with Crippen molar-refractivity contribution in [3.8, 4) is 0 Å². The zero-order valence-electron chi connectivity index (χ0n) is 8.50. The van der Waals surface area contributed by atoms with E-state index in [1.807, 2.05) is 0 Å². The Balaban J connectivity index is 3.10. The first-order chi connectivity index (χ1) is 6.66. The van der Waals surface area contributed by atoms with Gasteiger partial charge in [0.25, 0.3) is 0 Å². The van der Waals surface area contributed by atoms with Crippen LogP contribution in [0.5, 0.6) is 0 Å². The van der Waals surface area contributed by atoms with Crippen LogP contribution in [0.1, 0.15) is 44.9 Å². The van der Waals surface area contributed by atoms with Gasteiger partial charge in [-0.25, -0.2) is 0 Å². The number of allylic oxidation sites excluding steroid dienone is 1. The summed E-state index contributed by atoms with van der Waals surface area (Å²) in [6, 6.07) is 0. The van der Waals surface area contributed by atoms with Crippen LogP contribution in [-0.4, -0.2) is 17.4 Å². The molecule has 0 radical (unpaired) electrons. The second-order valence-electron chi connectivity index (χ2n) is 3.44. The molecule has 0 amide bonds. The fourth-order valence-corrected chi connectivity index (χ4v) is 1.22. The molecule has 0 saturated carbocycles. The Labute approximate surface area is 84.8 Å². The van der Waals surface area contributed by atoms with Crippen LogP contribution in [0.4, 0.5) is 0 Å². The molecule has 0 rings (SSSR count). The fraction of sp³-hybridized carbons (Fsp3) is 0.636. The van der Waals surface area contributed by atoms with Crippen molar-refractivity contribution in [3.63, 3.8) is 0 Å². The van der Waals surface area contributed by atoms with Crippen molar-refractivity contribution in [1.29, 1.82) is 0 Å². The van der Waals surface area contributed by atoms with Crippen LogP contribution >= 0.6 is 0 Å². The highest BCUT2D eigenvalue weighted by molar-refractivity contribution is 5.71. The van der Waals surface area contributed by atoms with Gasteiger partial charge in [-0.3, -0.25) is 9.59 Å². The van der Waals surface area contributed by atoms with Gasteiger partial charge in [-0.05, 0) is 24.8 Å². The van der Waals surface area contributed by atoms with Crippen molar-refractivity contribution < 1.29 is 14.7 Å². The zero-order chi connectivity index (χ0) is 10.8. The summed E-state index contributed by atoms with van der Waals surface area (Å²) in [5, 5.41) is 8.37. The molecule has 0 aliphatic carbocycles. The minimum absolute atomic E-state index is 0.265. The maximum absolute atomic E-state index is 10.2. The lowest BCUT2D eigenvalue weighted by molar-refractivity contribution is -0.137. The average Bonchev–Trinajstić information content (AvgIpc) is 2.15. The van der Waals surface area contributed by atoms with Crippen molar-refractivity contribution in [2.45, 2.75) is 44.9 Å². The molecule has 0 saturated heterocycles. The van der Waals surface area contributed by atoms with Crippen LogP contribution in [0.15, 0.2) is 12.2 Å². The molecular formula is C11H18O3. The summed E-state index contributed by atoms with van der Waals surface area (Å²) in [4.78, 5) is 20.3. The molecule has 1 N–H and O–H groups in total. The second-order valence-corrected chi connectivity index (χ2v) is 3.44. The molecule has 0 heterocycles. The monoisotopic (exact) mass is 198 g/mol. The summed E-state index contributed by atoms with van der Waals surface area (Å²) < 4.78 is 0. The van der Waals surface area contributed by atoms with Gasteiger partial charge in [-0.2, -0.15) is 0 Å². The van der Waals surface area contributed by atoms with E-state index >= 15 is 0 Å². The van der Waals surface area contributed by atoms with E-state index < -0.39 is 5.97 Å². The van der Waals surface area contributed by atoms with E-state index in [0.29, 0.717) is 5.57 Å². The van der Waals surface area contributed by atoms with E-state index in [1.54, 1.807) is 0 Å². The van der Waals surface area contributed by atoms with Gasteiger partial charge in [0.2, 0.25) is 0 Å². The highest BCUT2D eigenvalue weighted by Gasteiger charge is 1.97. The number of carbonyl (C=O) groups is 2. The first-order valence-electron chi connectivity index (χ1n) is 5.01. The number of hydrogen-bond acceptors (Lipinski definition) is 2. The largest absolute Gasteiger partial charge is 0.481 e. The Morgan fingerprint density at radius 1 is 1.07 bits per heavy atom. The fourth-order valence-electron chi connectivity index (χ4n) is 1.22. The topological polar surface area (TPSA) is 54.4 Å². The third-order valence-corrected chi connectivity index (χ3v) is 2.06. The predicted octanol–water partition coefficient (Wildman–Crippen LogP) is 2.56. The molecule has 3 nitrogen and oxygen atoms in total. The number of hydrogen-bond donors (Lipinski definition) is 1. The Hall–Kier alpha value is -1.12. The first kappa shape index (κ1) is 12.9. The summed E-state index contributed by atoms with van der Waals surface area (Å²) in [5.41, 5.74) is 0.649. The number of carboxylic acids is 1. The third kappa shape index (κ3) is 8.97. The van der Waals surface area contributed by atoms with Gasteiger partial charge in [-0.15, -0.1) is 0 Å². The number of carbonyl (C=O) groups excluding carboxylic acids is 1. The highest BCUT2D eigenvalue weighted by atomic mass is 16.4. The molecule has 0 atom stereocenters. The molecule has 80 valence electrons. The van der Waals surface area contributed by atoms with Crippen molar-refractivity contribution >= 4 is 12.3 Å². The van der Waals surface area contributed by atoms with Gasteiger partial charge in [0, 0.05) is 6.42 Å². The van der Waals surface area contributed by atoms with Gasteiger partial charge >= 0.3 is 5.97 Å². The summed E-state index contributed by atoms with van der Waals surface area (Å²) in [6.07, 6.45) is 6.61. The van der Waals surface area contributed by atoms with E-state index in [4.69, 9.17) is 5.11 Å². The maximum atomic E-state index is 10.2. The number of aliphatic carboxylic acids is 1. The Morgan fingerprint density at radius 3 is 2.07 bits per heavy atom. The van der Waals surface area contributed by atoms with Crippen LogP contribution in [0.25, 0.3) is 0 Å². The number of rotatable bonds is 9. The van der Waals surface area contributed by atoms with E-state index in [0.717, 1.165) is 44.8 Å². The normalized spacial score (nSPS) is 9.71. The number of carboxylic acid groups (broad SMARTS) is 1. The van der Waals surface area contributed by atoms with Crippen molar-refractivity contribution in [2.24, 2.45) is 0 Å². The quantitative estimate of drug-likeness (QED) is 0.352. The second kappa shape index (κ2) is 8.48. The summed E-state index contributed by atoms with van der Waals surface area (Å²) >= 11 is 0. The van der Waals surface area contributed by atoms with Gasteiger partial charge in [0.05, 0.1) is 0 Å². The first-order valence-corrected chi connectivity index (χ1v) is 5.01. The van der Waals surface area contributed by atoms with Crippen molar-refractivity contribution in [1.82, 2.24) is 0 Å². The molecule has 14 heavy (non-hydrogen) atoms. The standard InChI is InChI=1S/C11H18O3/c1-10(9-12)7-5-3-2-4-6-8-11(13)14/h9H,1-8H2,(H,13,14). The molecule has 3 heteroatoms. The zero-order valence-corrected chi connectivity index (χ0v) is 8.50. The molecule has 0 aromatic carbocycles.